The summed E-state index contributed by atoms with van der Waals surface area (Å²) in [5.41, 5.74) is 2.41. The van der Waals surface area contributed by atoms with Crippen molar-refractivity contribution < 1.29 is 18.7 Å². The molecular formula is C26H27BrO5. The minimum atomic E-state index is -0.462. The second-order valence-corrected chi connectivity index (χ2v) is 9.32. The van der Waals surface area contributed by atoms with Crippen molar-refractivity contribution in [2.75, 3.05) is 0 Å². The first-order valence-corrected chi connectivity index (χ1v) is 11.8. The number of ketones is 1. The average molecular weight is 499 g/mol. The third-order valence-electron chi connectivity index (χ3n) is 5.96. The smallest absolute Gasteiger partial charge is 0.339 e. The van der Waals surface area contributed by atoms with Gasteiger partial charge in [-0.05, 0) is 69.4 Å². The minimum absolute atomic E-state index is 0.0655. The van der Waals surface area contributed by atoms with E-state index in [1.165, 1.54) is 6.92 Å². The molecule has 0 amide bonds. The van der Waals surface area contributed by atoms with Gasteiger partial charge in [0, 0.05) is 27.4 Å². The Morgan fingerprint density at radius 1 is 1.06 bits per heavy atom. The predicted molar refractivity (Wildman–Crippen MR) is 127 cm³/mol. The number of aryl methyl sites for hydroxylation is 1. The number of carbonyl (C=O) groups is 1. The molecule has 0 N–H and O–H groups in total. The van der Waals surface area contributed by atoms with E-state index < -0.39 is 5.63 Å². The largest absolute Gasteiger partial charge is 0.490 e. The highest BCUT2D eigenvalue weighted by Gasteiger charge is 2.24. The van der Waals surface area contributed by atoms with E-state index in [1.807, 2.05) is 37.3 Å². The van der Waals surface area contributed by atoms with Crippen molar-refractivity contribution in [1.82, 2.24) is 0 Å². The molecule has 1 heterocycles. The van der Waals surface area contributed by atoms with E-state index in [0.717, 1.165) is 52.4 Å². The fraction of sp³-hybridized carbons (Fsp3) is 0.385. The van der Waals surface area contributed by atoms with Gasteiger partial charge in [0.15, 0.2) is 0 Å². The van der Waals surface area contributed by atoms with Crippen LogP contribution < -0.4 is 10.4 Å². The summed E-state index contributed by atoms with van der Waals surface area (Å²) in [4.78, 5) is 23.7. The molecule has 32 heavy (non-hydrogen) atoms. The van der Waals surface area contributed by atoms with E-state index in [-0.39, 0.29) is 24.4 Å². The van der Waals surface area contributed by atoms with Gasteiger partial charge >= 0.3 is 5.63 Å². The number of halogens is 1. The second-order valence-electron chi connectivity index (χ2n) is 8.46. The standard InChI is InChI=1S/C26H27BrO5/c1-16(28)13-20-14-18-7-12-24(17(2)25(18)32-26(20)29)31-22-10-8-21(9-11-22)30-15-19-5-3-4-6-23(19)27/h3-7,12,14,21-22H,8-11,13,15H2,1-2H3. The molecule has 2 aromatic carbocycles. The highest BCUT2D eigenvalue weighted by atomic mass is 79.9. The van der Waals surface area contributed by atoms with Gasteiger partial charge in [-0.25, -0.2) is 4.79 Å². The Morgan fingerprint density at radius 2 is 1.78 bits per heavy atom. The Morgan fingerprint density at radius 3 is 2.50 bits per heavy atom. The van der Waals surface area contributed by atoms with Crippen molar-refractivity contribution in [3.8, 4) is 5.75 Å². The van der Waals surface area contributed by atoms with Crippen molar-refractivity contribution in [2.45, 2.75) is 64.8 Å². The molecule has 0 spiro atoms. The molecule has 5 nitrogen and oxygen atoms in total. The fourth-order valence-electron chi connectivity index (χ4n) is 4.19. The monoisotopic (exact) mass is 498 g/mol. The molecule has 0 radical (unpaired) electrons. The molecule has 1 saturated carbocycles. The zero-order valence-corrected chi connectivity index (χ0v) is 19.9. The van der Waals surface area contributed by atoms with Gasteiger partial charge in [-0.1, -0.05) is 34.1 Å². The summed E-state index contributed by atoms with van der Waals surface area (Å²) in [6.07, 6.45) is 4.16. The number of carbonyl (C=O) groups excluding carboxylic acids is 1. The van der Waals surface area contributed by atoms with E-state index in [4.69, 9.17) is 13.9 Å². The Labute approximate surface area is 195 Å². The predicted octanol–water partition coefficient (Wildman–Crippen LogP) is 5.90. The Balaban J connectivity index is 1.38. The molecule has 0 unspecified atom stereocenters. The zero-order chi connectivity index (χ0) is 22.7. The second kappa shape index (κ2) is 10.0. The number of Topliss-reactive ketones (excluding diaryl/α,β-unsaturated/α-hetero) is 1. The van der Waals surface area contributed by atoms with E-state index >= 15 is 0 Å². The number of fused-ring (bicyclic) bond motifs is 1. The van der Waals surface area contributed by atoms with Crippen LogP contribution in [0.5, 0.6) is 5.75 Å². The molecule has 168 valence electrons. The van der Waals surface area contributed by atoms with Crippen LogP contribution >= 0.6 is 15.9 Å². The molecule has 0 aliphatic heterocycles. The highest BCUT2D eigenvalue weighted by Crippen LogP contribution is 2.31. The number of hydrogen-bond donors (Lipinski definition) is 0. The lowest BCUT2D eigenvalue weighted by Gasteiger charge is -2.29. The van der Waals surface area contributed by atoms with E-state index in [9.17, 15) is 9.59 Å². The normalized spacial score (nSPS) is 18.6. The Kier molecular flexibility index (Phi) is 7.11. The zero-order valence-electron chi connectivity index (χ0n) is 18.4. The fourth-order valence-corrected chi connectivity index (χ4v) is 4.59. The van der Waals surface area contributed by atoms with Crippen molar-refractivity contribution in [2.24, 2.45) is 0 Å². The lowest BCUT2D eigenvalue weighted by atomic mass is 9.94. The van der Waals surface area contributed by atoms with Crippen LogP contribution in [0.4, 0.5) is 0 Å². The maximum absolute atomic E-state index is 12.3. The lowest BCUT2D eigenvalue weighted by molar-refractivity contribution is -0.116. The molecule has 4 rings (SSSR count). The lowest BCUT2D eigenvalue weighted by Crippen LogP contribution is -2.28. The van der Waals surface area contributed by atoms with Gasteiger partial charge in [0.25, 0.3) is 0 Å². The number of ether oxygens (including phenoxy) is 2. The van der Waals surface area contributed by atoms with Gasteiger partial charge in [0.05, 0.1) is 18.8 Å². The summed E-state index contributed by atoms with van der Waals surface area (Å²) < 4.78 is 19.0. The van der Waals surface area contributed by atoms with Gasteiger partial charge in [-0.2, -0.15) is 0 Å². The molecule has 1 aromatic heterocycles. The first-order chi connectivity index (χ1) is 15.4. The van der Waals surface area contributed by atoms with Gasteiger partial charge in [-0.3, -0.25) is 4.79 Å². The SMILES string of the molecule is CC(=O)Cc1cc2ccc(OC3CCC(OCc4ccccc4Br)CC3)c(C)c2oc1=O. The van der Waals surface area contributed by atoms with Crippen LogP contribution in [0.15, 0.2) is 56.1 Å². The van der Waals surface area contributed by atoms with E-state index in [2.05, 4.69) is 22.0 Å². The molecule has 1 fully saturated rings. The molecule has 0 atom stereocenters. The minimum Gasteiger partial charge on any atom is -0.490 e. The first-order valence-electron chi connectivity index (χ1n) is 11.0. The summed E-state index contributed by atoms with van der Waals surface area (Å²) in [5, 5.41) is 0.801. The van der Waals surface area contributed by atoms with Crippen LogP contribution in [-0.4, -0.2) is 18.0 Å². The number of benzene rings is 2. The van der Waals surface area contributed by atoms with E-state index in [1.54, 1.807) is 6.07 Å². The van der Waals surface area contributed by atoms with Gasteiger partial charge < -0.3 is 13.9 Å². The molecule has 6 heteroatoms. The van der Waals surface area contributed by atoms with Crippen LogP contribution in [0.1, 0.15) is 49.3 Å². The molecule has 1 aliphatic carbocycles. The third-order valence-corrected chi connectivity index (χ3v) is 6.73. The molecule has 0 saturated heterocycles. The van der Waals surface area contributed by atoms with Gasteiger partial charge in [-0.15, -0.1) is 0 Å². The van der Waals surface area contributed by atoms with Crippen molar-refractivity contribution in [3.05, 3.63) is 74.0 Å². The highest BCUT2D eigenvalue weighted by molar-refractivity contribution is 9.10. The molecular weight excluding hydrogens is 472 g/mol. The number of hydrogen-bond acceptors (Lipinski definition) is 5. The summed E-state index contributed by atoms with van der Waals surface area (Å²) in [6.45, 7) is 3.97. The quantitative estimate of drug-likeness (QED) is 0.379. The van der Waals surface area contributed by atoms with Crippen LogP contribution in [0, 0.1) is 6.92 Å². The van der Waals surface area contributed by atoms with Gasteiger partial charge in [0.1, 0.15) is 17.1 Å². The average Bonchev–Trinajstić information content (AvgIpc) is 2.77. The van der Waals surface area contributed by atoms with Crippen molar-refractivity contribution in [3.63, 3.8) is 0 Å². The van der Waals surface area contributed by atoms with Crippen molar-refractivity contribution >= 4 is 32.7 Å². The van der Waals surface area contributed by atoms with Crippen LogP contribution in [-0.2, 0) is 22.6 Å². The summed E-state index contributed by atoms with van der Waals surface area (Å²) in [7, 11) is 0. The Hall–Kier alpha value is -2.44. The van der Waals surface area contributed by atoms with Crippen LogP contribution in [0.3, 0.4) is 0 Å². The molecule has 1 aliphatic rings. The molecule has 3 aromatic rings. The first kappa shape index (κ1) is 22.7. The number of rotatable bonds is 7. The third kappa shape index (κ3) is 5.30. The summed E-state index contributed by atoms with van der Waals surface area (Å²) >= 11 is 3.57. The maximum atomic E-state index is 12.3. The Bertz CT molecular complexity index is 1170. The summed E-state index contributed by atoms with van der Waals surface area (Å²) in [6, 6.07) is 13.7. The van der Waals surface area contributed by atoms with E-state index in [0.29, 0.717) is 17.8 Å². The molecule has 0 bridgehead atoms. The topological polar surface area (TPSA) is 65.7 Å². The van der Waals surface area contributed by atoms with Crippen LogP contribution in [0.2, 0.25) is 0 Å². The van der Waals surface area contributed by atoms with Gasteiger partial charge in [0.2, 0.25) is 0 Å². The van der Waals surface area contributed by atoms with Crippen molar-refractivity contribution in [1.29, 1.82) is 0 Å². The summed E-state index contributed by atoms with van der Waals surface area (Å²) in [5.74, 6) is 0.668. The maximum Gasteiger partial charge on any atom is 0.339 e. The van der Waals surface area contributed by atoms with Crippen LogP contribution in [0.25, 0.3) is 11.0 Å².